The van der Waals surface area contributed by atoms with Crippen molar-refractivity contribution in [2.24, 2.45) is 10.2 Å². The number of para-hydroxylation sites is 2. The summed E-state index contributed by atoms with van der Waals surface area (Å²) in [4.78, 5) is 25.2. The molecule has 0 aromatic heterocycles. The van der Waals surface area contributed by atoms with E-state index in [0.29, 0.717) is 44.8 Å². The van der Waals surface area contributed by atoms with E-state index >= 15 is 0 Å². The molecule has 0 aliphatic carbocycles. The molecule has 0 fully saturated rings. The van der Waals surface area contributed by atoms with E-state index in [1.54, 1.807) is 121 Å². The summed E-state index contributed by atoms with van der Waals surface area (Å²) in [6, 6.07) is 37.9. The van der Waals surface area contributed by atoms with Gasteiger partial charge < -0.3 is 0 Å². The van der Waals surface area contributed by atoms with Gasteiger partial charge in [0.2, 0.25) is 20.0 Å². The summed E-state index contributed by atoms with van der Waals surface area (Å²) in [5.74, 6) is -0.856. The molecule has 5 aromatic rings. The fourth-order valence-corrected chi connectivity index (χ4v) is 6.75. The Morgan fingerprint density at radius 3 is 1.15 bits per heavy atom. The van der Waals surface area contributed by atoms with Crippen LogP contribution in [0.4, 0.5) is 11.4 Å². The fourth-order valence-electron chi connectivity index (χ4n) is 4.97. The van der Waals surface area contributed by atoms with Crippen LogP contribution in [0.1, 0.15) is 43.0 Å². The maximum Gasteiger partial charge on any atom is 0.271 e. The van der Waals surface area contributed by atoms with Gasteiger partial charge in [-0.1, -0.05) is 84.9 Å². The minimum absolute atomic E-state index is 0.120. The number of nitrogens with zero attached hydrogens (tertiary/aromatic N) is 4. The third kappa shape index (κ3) is 10.4. The minimum atomic E-state index is -3.52. The summed E-state index contributed by atoms with van der Waals surface area (Å²) in [6.07, 6.45) is 5.27. The highest BCUT2D eigenvalue weighted by molar-refractivity contribution is 7.92. The largest absolute Gasteiger partial charge is 0.271 e. The van der Waals surface area contributed by atoms with Crippen LogP contribution < -0.4 is 19.5 Å². The summed E-state index contributed by atoms with van der Waals surface area (Å²) in [6.45, 7) is 0.240. The van der Waals surface area contributed by atoms with Gasteiger partial charge in [0.15, 0.2) is 0 Å². The molecule has 5 aromatic carbocycles. The number of amides is 2. The number of anilines is 2. The molecule has 14 heteroatoms. The van der Waals surface area contributed by atoms with Crippen LogP contribution in [-0.2, 0) is 33.1 Å². The number of carbonyl (C=O) groups is 2. The van der Waals surface area contributed by atoms with E-state index in [1.165, 1.54) is 21.0 Å². The Kier molecular flexibility index (Phi) is 11.9. The van der Waals surface area contributed by atoms with Gasteiger partial charge in [-0.2, -0.15) is 10.2 Å². The molecule has 0 saturated carbocycles. The zero-order valence-corrected chi connectivity index (χ0v) is 30.0. The van der Waals surface area contributed by atoms with Crippen LogP contribution in [0, 0.1) is 0 Å². The van der Waals surface area contributed by atoms with E-state index in [1.807, 2.05) is 12.1 Å². The van der Waals surface area contributed by atoms with Gasteiger partial charge >= 0.3 is 0 Å². The number of hydrazone groups is 2. The van der Waals surface area contributed by atoms with Crippen molar-refractivity contribution >= 4 is 55.7 Å². The molecule has 5 rings (SSSR count). The lowest BCUT2D eigenvalue weighted by molar-refractivity contribution is 0.0947. The average molecular weight is 737 g/mol. The molecule has 266 valence electrons. The monoisotopic (exact) mass is 736 g/mol. The number of hydrogen-bond acceptors (Lipinski definition) is 8. The van der Waals surface area contributed by atoms with Crippen LogP contribution in [0.2, 0.25) is 0 Å². The lowest BCUT2D eigenvalue weighted by atomic mass is 10.1. The van der Waals surface area contributed by atoms with E-state index in [4.69, 9.17) is 0 Å². The Morgan fingerprint density at radius 1 is 0.519 bits per heavy atom. The SMILES string of the molecule is CS(=O)(=O)N(Cc1ccc(C(=O)N/N=C/c2ccc(/C=N/NC(=O)c3ccc(CN(c4ccccc4)S(C)(=O)=O)cc3)cc2)cc1)c1ccccc1. The van der Waals surface area contributed by atoms with Crippen LogP contribution in [0.25, 0.3) is 0 Å². The van der Waals surface area contributed by atoms with Crippen molar-refractivity contribution in [2.75, 3.05) is 21.1 Å². The topological polar surface area (TPSA) is 158 Å². The molecule has 0 bridgehead atoms. The Bertz CT molecular complexity index is 2100. The van der Waals surface area contributed by atoms with Crippen molar-refractivity contribution in [3.63, 3.8) is 0 Å². The van der Waals surface area contributed by atoms with Gasteiger partial charge in [0.05, 0.1) is 49.4 Å². The van der Waals surface area contributed by atoms with Gasteiger partial charge in [-0.15, -0.1) is 0 Å². The second kappa shape index (κ2) is 16.7. The molecule has 0 radical (unpaired) electrons. The highest BCUT2D eigenvalue weighted by Crippen LogP contribution is 2.22. The normalized spacial score (nSPS) is 11.7. The first-order valence-electron chi connectivity index (χ1n) is 15.9. The summed E-state index contributed by atoms with van der Waals surface area (Å²) in [7, 11) is -7.04. The third-order valence-electron chi connectivity index (χ3n) is 7.67. The maximum absolute atomic E-state index is 12.6. The fraction of sp³-hybridized carbons (Fsp3) is 0.105. The standard InChI is InChI=1S/C38H36N6O6S2/c1-51(47,48)43(35-9-5-3-6-10-35)27-31-17-21-33(22-18-31)37(45)41-39-25-29-13-15-30(16-14-29)26-40-42-38(46)34-23-19-32(20-24-34)28-44(52(2,49)50)36-11-7-4-8-12-36/h3-26H,27-28H2,1-2H3,(H,41,45)(H,42,46)/b39-25+,40-26+. The predicted octanol–water partition coefficient (Wildman–Crippen LogP) is 5.15. The minimum Gasteiger partial charge on any atom is -0.267 e. The third-order valence-corrected chi connectivity index (χ3v) is 9.95. The molecule has 2 N–H and O–H groups in total. The summed E-state index contributed by atoms with van der Waals surface area (Å²) in [5, 5.41) is 8.05. The molecular weight excluding hydrogens is 701 g/mol. The van der Waals surface area contributed by atoms with E-state index in [0.717, 1.165) is 12.5 Å². The van der Waals surface area contributed by atoms with Gasteiger partial charge in [-0.3, -0.25) is 18.2 Å². The molecule has 0 unspecified atom stereocenters. The highest BCUT2D eigenvalue weighted by Gasteiger charge is 2.19. The molecule has 12 nitrogen and oxygen atoms in total. The Hall–Kier alpha value is -6.12. The number of carbonyl (C=O) groups excluding carboxylic acids is 2. The maximum atomic E-state index is 12.6. The second-order valence-electron chi connectivity index (χ2n) is 11.7. The molecule has 0 saturated heterocycles. The zero-order valence-electron chi connectivity index (χ0n) is 28.3. The smallest absolute Gasteiger partial charge is 0.267 e. The summed E-state index contributed by atoms with van der Waals surface area (Å²) >= 11 is 0. The summed E-state index contributed by atoms with van der Waals surface area (Å²) < 4.78 is 52.1. The molecule has 2 amide bonds. The van der Waals surface area contributed by atoms with Gasteiger partial charge in [0.1, 0.15) is 0 Å². The van der Waals surface area contributed by atoms with Crippen LogP contribution >= 0.6 is 0 Å². The first-order valence-corrected chi connectivity index (χ1v) is 19.6. The van der Waals surface area contributed by atoms with Crippen molar-refractivity contribution in [2.45, 2.75) is 13.1 Å². The highest BCUT2D eigenvalue weighted by atomic mass is 32.2. The Labute approximate surface area is 303 Å². The average Bonchev–Trinajstić information content (AvgIpc) is 3.13. The van der Waals surface area contributed by atoms with Crippen LogP contribution in [0.15, 0.2) is 144 Å². The number of hydrogen-bond donors (Lipinski definition) is 2. The van der Waals surface area contributed by atoms with Crippen LogP contribution in [0.3, 0.4) is 0 Å². The first kappa shape index (κ1) is 37.1. The van der Waals surface area contributed by atoms with E-state index in [2.05, 4.69) is 21.1 Å². The molecule has 0 atom stereocenters. The first-order chi connectivity index (χ1) is 24.9. The van der Waals surface area contributed by atoms with Gasteiger partial charge in [0, 0.05) is 11.1 Å². The van der Waals surface area contributed by atoms with Gasteiger partial charge in [-0.25, -0.2) is 27.7 Å². The number of sulfonamides is 2. The molecule has 0 spiro atoms. The van der Waals surface area contributed by atoms with E-state index < -0.39 is 31.9 Å². The summed E-state index contributed by atoms with van der Waals surface area (Å²) in [5.41, 5.74) is 9.63. The molecule has 0 aliphatic rings. The second-order valence-corrected chi connectivity index (χ2v) is 15.5. The van der Waals surface area contributed by atoms with Crippen molar-refractivity contribution in [3.05, 3.63) is 167 Å². The lowest BCUT2D eigenvalue weighted by Crippen LogP contribution is -2.29. The number of nitrogens with one attached hydrogen (secondary N) is 2. The quantitative estimate of drug-likeness (QED) is 0.119. The molecule has 52 heavy (non-hydrogen) atoms. The van der Waals surface area contributed by atoms with Crippen molar-refractivity contribution in [1.29, 1.82) is 0 Å². The number of rotatable bonds is 14. The molecule has 0 heterocycles. The lowest BCUT2D eigenvalue weighted by Gasteiger charge is -2.22. The van der Waals surface area contributed by atoms with Gasteiger partial charge in [-0.05, 0) is 70.8 Å². The van der Waals surface area contributed by atoms with E-state index in [9.17, 15) is 26.4 Å². The zero-order chi connectivity index (χ0) is 37.1. The van der Waals surface area contributed by atoms with Crippen molar-refractivity contribution in [3.8, 4) is 0 Å². The number of benzene rings is 5. The van der Waals surface area contributed by atoms with Gasteiger partial charge in [0.25, 0.3) is 11.8 Å². The van der Waals surface area contributed by atoms with Crippen molar-refractivity contribution < 1.29 is 26.4 Å². The van der Waals surface area contributed by atoms with E-state index in [-0.39, 0.29) is 13.1 Å². The van der Waals surface area contributed by atoms with Crippen molar-refractivity contribution in [1.82, 2.24) is 10.9 Å². The molecule has 0 aliphatic heterocycles. The van der Waals surface area contributed by atoms with Crippen LogP contribution in [-0.4, -0.2) is 53.6 Å². The predicted molar refractivity (Wildman–Crippen MR) is 204 cm³/mol. The Morgan fingerprint density at radius 2 is 0.846 bits per heavy atom. The van der Waals surface area contributed by atoms with Crippen LogP contribution in [0.5, 0.6) is 0 Å². The molecular formula is C38H36N6O6S2. The Balaban J connectivity index is 1.09.